The smallest absolute Gasteiger partial charge is 0.188 e. The van der Waals surface area contributed by atoms with Crippen LogP contribution in [0, 0.1) is 0 Å². The number of Topliss-reactive ketones (excluding diaryl/α,β-unsaturated/α-hetero) is 1. The fraction of sp³-hybridized carbons (Fsp3) is 0.250. The van der Waals surface area contributed by atoms with Crippen molar-refractivity contribution in [3.8, 4) is 28.4 Å². The van der Waals surface area contributed by atoms with Gasteiger partial charge < -0.3 is 18.9 Å². The van der Waals surface area contributed by atoms with Gasteiger partial charge in [0.05, 0.1) is 11.9 Å². The monoisotopic (exact) mass is 383 g/mol. The second kappa shape index (κ2) is 9.12. The lowest BCUT2D eigenvalue weighted by Crippen LogP contribution is -2.04. The van der Waals surface area contributed by atoms with E-state index in [1.54, 1.807) is 49.4 Å². The molecule has 8 heteroatoms. The Bertz CT molecular complexity index is 937. The molecular formula is C20H21N3O5. The van der Waals surface area contributed by atoms with Crippen molar-refractivity contribution < 1.29 is 23.7 Å². The molecule has 0 aliphatic heterocycles. The highest BCUT2D eigenvalue weighted by Gasteiger charge is 2.12. The Morgan fingerprint density at radius 1 is 0.964 bits per heavy atom. The van der Waals surface area contributed by atoms with Gasteiger partial charge in [0.15, 0.2) is 30.9 Å². The Morgan fingerprint density at radius 3 is 2.29 bits per heavy atom. The number of carbonyl (C=O) groups excluding carboxylic acids is 1. The Hall–Kier alpha value is -3.23. The van der Waals surface area contributed by atoms with Gasteiger partial charge in [-0.2, -0.15) is 0 Å². The molecule has 0 saturated heterocycles. The summed E-state index contributed by atoms with van der Waals surface area (Å²) >= 11 is 0. The average Bonchev–Trinajstić information content (AvgIpc) is 3.21. The highest BCUT2D eigenvalue weighted by molar-refractivity contribution is 5.94. The number of hydrogen-bond donors (Lipinski definition) is 0. The maximum Gasteiger partial charge on any atom is 0.188 e. The predicted molar refractivity (Wildman–Crippen MR) is 102 cm³/mol. The van der Waals surface area contributed by atoms with Gasteiger partial charge in [0.2, 0.25) is 0 Å². The van der Waals surface area contributed by atoms with Crippen molar-refractivity contribution >= 4 is 5.78 Å². The third kappa shape index (κ3) is 4.54. The van der Waals surface area contributed by atoms with E-state index in [2.05, 4.69) is 10.3 Å². The molecule has 146 valence electrons. The van der Waals surface area contributed by atoms with Crippen LogP contribution in [0.1, 0.15) is 17.3 Å². The number of ketones is 1. The van der Waals surface area contributed by atoms with Gasteiger partial charge in [-0.05, 0) is 49.4 Å². The van der Waals surface area contributed by atoms with Crippen molar-refractivity contribution in [2.24, 2.45) is 0 Å². The molecule has 28 heavy (non-hydrogen) atoms. The van der Waals surface area contributed by atoms with E-state index in [0.29, 0.717) is 22.8 Å². The zero-order chi connectivity index (χ0) is 19.9. The summed E-state index contributed by atoms with van der Waals surface area (Å²) in [6.07, 6.45) is 1.80. The van der Waals surface area contributed by atoms with Crippen LogP contribution >= 0.6 is 0 Å². The highest BCUT2D eigenvalue weighted by Crippen LogP contribution is 2.32. The largest absolute Gasteiger partial charge is 0.464 e. The Kier molecular flexibility index (Phi) is 6.36. The molecular weight excluding hydrogens is 362 g/mol. The third-order valence-electron chi connectivity index (χ3n) is 3.94. The lowest BCUT2D eigenvalue weighted by atomic mass is 10.1. The zero-order valence-corrected chi connectivity index (χ0v) is 15.9. The number of methoxy groups -OCH3 is 2. The van der Waals surface area contributed by atoms with E-state index < -0.39 is 0 Å². The minimum absolute atomic E-state index is 0.0187. The standard InChI is InChI=1S/C20H21N3O5/c1-14(24)15-4-7-17(8-5-15)23-11-18(21-22-23)16-6-9-19(27-12-25-2)20(10-16)28-13-26-3/h4-11H,12-13H2,1-3H3. The van der Waals surface area contributed by atoms with Crippen LogP contribution in [-0.4, -0.2) is 48.6 Å². The summed E-state index contributed by atoms with van der Waals surface area (Å²) in [5.41, 5.74) is 2.93. The van der Waals surface area contributed by atoms with E-state index in [1.807, 2.05) is 18.2 Å². The number of ether oxygens (including phenoxy) is 4. The second-order valence-electron chi connectivity index (χ2n) is 5.91. The molecule has 0 spiro atoms. The zero-order valence-electron chi connectivity index (χ0n) is 15.9. The van der Waals surface area contributed by atoms with E-state index in [0.717, 1.165) is 11.3 Å². The van der Waals surface area contributed by atoms with Crippen molar-refractivity contribution in [1.29, 1.82) is 0 Å². The Labute approximate surface area is 162 Å². The van der Waals surface area contributed by atoms with Crippen molar-refractivity contribution in [3.05, 3.63) is 54.2 Å². The first-order chi connectivity index (χ1) is 13.6. The number of rotatable bonds is 9. The molecule has 1 heterocycles. The topological polar surface area (TPSA) is 84.7 Å². The lowest BCUT2D eigenvalue weighted by molar-refractivity contribution is 0.0323. The maximum absolute atomic E-state index is 11.4. The van der Waals surface area contributed by atoms with Crippen molar-refractivity contribution in [2.75, 3.05) is 27.8 Å². The van der Waals surface area contributed by atoms with Crippen LogP contribution in [0.25, 0.3) is 16.9 Å². The van der Waals surface area contributed by atoms with Crippen LogP contribution in [-0.2, 0) is 9.47 Å². The summed E-state index contributed by atoms with van der Waals surface area (Å²) in [5.74, 6) is 1.07. The molecule has 8 nitrogen and oxygen atoms in total. The molecule has 1 aromatic heterocycles. The fourth-order valence-electron chi connectivity index (χ4n) is 2.52. The third-order valence-corrected chi connectivity index (χ3v) is 3.94. The summed E-state index contributed by atoms with van der Waals surface area (Å²) in [6.45, 7) is 1.73. The fourth-order valence-corrected chi connectivity index (χ4v) is 2.52. The molecule has 0 saturated carbocycles. The summed E-state index contributed by atoms with van der Waals surface area (Å²) in [4.78, 5) is 11.4. The van der Waals surface area contributed by atoms with E-state index in [4.69, 9.17) is 18.9 Å². The average molecular weight is 383 g/mol. The van der Waals surface area contributed by atoms with Crippen molar-refractivity contribution in [2.45, 2.75) is 6.92 Å². The van der Waals surface area contributed by atoms with Crippen LogP contribution in [0.2, 0.25) is 0 Å². The lowest BCUT2D eigenvalue weighted by Gasteiger charge is -2.12. The molecule has 3 rings (SSSR count). The van der Waals surface area contributed by atoms with Gasteiger partial charge in [-0.1, -0.05) is 5.21 Å². The molecule has 0 amide bonds. The van der Waals surface area contributed by atoms with E-state index in [1.165, 1.54) is 6.92 Å². The molecule has 0 aliphatic rings. The Morgan fingerprint density at radius 2 is 1.64 bits per heavy atom. The van der Waals surface area contributed by atoms with Gasteiger partial charge in [0.25, 0.3) is 0 Å². The van der Waals surface area contributed by atoms with E-state index >= 15 is 0 Å². The first-order valence-corrected chi connectivity index (χ1v) is 8.54. The molecule has 0 unspecified atom stereocenters. The second-order valence-corrected chi connectivity index (χ2v) is 5.91. The summed E-state index contributed by atoms with van der Waals surface area (Å²) < 4.78 is 22.6. The first kappa shape index (κ1) is 19.5. The first-order valence-electron chi connectivity index (χ1n) is 8.54. The van der Waals surface area contributed by atoms with Crippen LogP contribution in [0.5, 0.6) is 11.5 Å². The maximum atomic E-state index is 11.4. The SMILES string of the molecule is COCOc1ccc(-c2cn(-c3ccc(C(C)=O)cc3)nn2)cc1OCOC. The van der Waals surface area contributed by atoms with E-state index in [9.17, 15) is 4.79 Å². The van der Waals surface area contributed by atoms with Gasteiger partial charge >= 0.3 is 0 Å². The number of hydrogen-bond acceptors (Lipinski definition) is 7. The van der Waals surface area contributed by atoms with Crippen molar-refractivity contribution in [1.82, 2.24) is 15.0 Å². The van der Waals surface area contributed by atoms with Crippen LogP contribution < -0.4 is 9.47 Å². The number of aromatic nitrogens is 3. The number of nitrogens with zero attached hydrogens (tertiary/aromatic N) is 3. The predicted octanol–water partition coefficient (Wildman–Crippen LogP) is 3.10. The summed E-state index contributed by atoms with van der Waals surface area (Å²) in [5, 5.41) is 8.39. The summed E-state index contributed by atoms with van der Waals surface area (Å²) in [6, 6.07) is 12.6. The minimum atomic E-state index is 0.0187. The molecule has 0 atom stereocenters. The molecule has 0 aliphatic carbocycles. The molecule has 0 bridgehead atoms. The summed E-state index contributed by atoms with van der Waals surface area (Å²) in [7, 11) is 3.09. The molecule has 0 N–H and O–H groups in total. The van der Waals surface area contributed by atoms with Gasteiger partial charge in [-0.3, -0.25) is 4.79 Å². The van der Waals surface area contributed by atoms with Crippen molar-refractivity contribution in [3.63, 3.8) is 0 Å². The van der Waals surface area contributed by atoms with E-state index in [-0.39, 0.29) is 19.4 Å². The molecule has 3 aromatic rings. The molecule has 0 radical (unpaired) electrons. The van der Waals surface area contributed by atoms with Crippen LogP contribution in [0.4, 0.5) is 0 Å². The number of benzene rings is 2. The van der Waals surface area contributed by atoms with Crippen LogP contribution in [0.3, 0.4) is 0 Å². The minimum Gasteiger partial charge on any atom is -0.464 e. The van der Waals surface area contributed by atoms with Gasteiger partial charge in [0, 0.05) is 25.3 Å². The molecule has 0 fully saturated rings. The normalized spacial score (nSPS) is 10.7. The quantitative estimate of drug-likeness (QED) is 0.415. The Balaban J connectivity index is 1.86. The van der Waals surface area contributed by atoms with Gasteiger partial charge in [-0.25, -0.2) is 4.68 Å². The van der Waals surface area contributed by atoms with Crippen LogP contribution in [0.15, 0.2) is 48.7 Å². The molecule has 2 aromatic carbocycles. The highest BCUT2D eigenvalue weighted by atomic mass is 16.7. The van der Waals surface area contributed by atoms with Gasteiger partial charge in [0.1, 0.15) is 5.69 Å². The number of carbonyl (C=O) groups is 1. The van der Waals surface area contributed by atoms with Gasteiger partial charge in [-0.15, -0.1) is 5.10 Å².